The van der Waals surface area contributed by atoms with Crippen molar-refractivity contribution in [3.05, 3.63) is 42.0 Å². The second-order valence-corrected chi connectivity index (χ2v) is 7.56. The molecule has 0 radical (unpaired) electrons. The van der Waals surface area contributed by atoms with E-state index < -0.39 is 0 Å². The van der Waals surface area contributed by atoms with Crippen LogP contribution >= 0.6 is 0 Å². The first-order valence-corrected chi connectivity index (χ1v) is 10.2. The summed E-state index contributed by atoms with van der Waals surface area (Å²) in [4.78, 5) is 0. The highest BCUT2D eigenvalue weighted by Gasteiger charge is 2.40. The van der Waals surface area contributed by atoms with Gasteiger partial charge in [0.1, 0.15) is 18.0 Å². The Hall–Kier alpha value is -1.28. The van der Waals surface area contributed by atoms with Crippen molar-refractivity contribution in [1.82, 2.24) is 0 Å². The number of para-hydroxylation sites is 1. The molecule has 1 aromatic carbocycles. The fourth-order valence-electron chi connectivity index (χ4n) is 2.97. The molecule has 1 unspecified atom stereocenters. The zero-order valence-corrected chi connectivity index (χ0v) is 16.3. The molecule has 0 aromatic heterocycles. The minimum absolute atomic E-state index is 0.0445. The van der Waals surface area contributed by atoms with Gasteiger partial charge < -0.3 is 9.47 Å². The van der Waals surface area contributed by atoms with Crippen LogP contribution in [0.1, 0.15) is 77.2 Å². The van der Waals surface area contributed by atoms with Crippen LogP contribution in [0.4, 0.5) is 0 Å². The molecule has 0 amide bonds. The maximum Gasteiger partial charge on any atom is 0.123 e. The summed E-state index contributed by atoms with van der Waals surface area (Å²) >= 11 is 0. The minimum atomic E-state index is -0.0445. The predicted octanol–water partition coefficient (Wildman–Crippen LogP) is 6.48. The van der Waals surface area contributed by atoms with Crippen LogP contribution in [0.2, 0.25) is 0 Å². The van der Waals surface area contributed by atoms with E-state index in [1.807, 2.05) is 0 Å². The molecule has 1 aromatic rings. The van der Waals surface area contributed by atoms with Crippen LogP contribution in [0.25, 0.3) is 0 Å². The van der Waals surface area contributed by atoms with Crippen LogP contribution in [0, 0.1) is 0 Å². The molecule has 1 aliphatic rings. The maximum atomic E-state index is 5.98. The first-order valence-electron chi connectivity index (χ1n) is 10.2. The standard InChI is InChI=1S/C23H36O2/c1-3-4-5-6-7-8-9-10-11-12-13-16-21-17-14-15-18-22(21)24-19-23(2)20-25-23/h7-8,14-15,17-18H,3-6,9-13,16,19-20H2,1-2H3/b8-7+. The zero-order valence-electron chi connectivity index (χ0n) is 16.3. The van der Waals surface area contributed by atoms with E-state index in [-0.39, 0.29) is 5.60 Å². The van der Waals surface area contributed by atoms with Crippen molar-refractivity contribution in [2.75, 3.05) is 13.2 Å². The Morgan fingerprint density at radius 2 is 1.68 bits per heavy atom. The predicted molar refractivity (Wildman–Crippen MR) is 106 cm³/mol. The van der Waals surface area contributed by atoms with E-state index in [0.717, 1.165) is 18.8 Å². The van der Waals surface area contributed by atoms with E-state index in [1.165, 1.54) is 63.4 Å². The lowest BCUT2D eigenvalue weighted by molar-refractivity contribution is 0.201. The number of benzene rings is 1. The second kappa shape index (κ2) is 11.4. The normalized spacial score (nSPS) is 19.4. The fourth-order valence-corrected chi connectivity index (χ4v) is 2.97. The van der Waals surface area contributed by atoms with Gasteiger partial charge in [-0.05, 0) is 57.1 Å². The highest BCUT2D eigenvalue weighted by Crippen LogP contribution is 2.28. The van der Waals surface area contributed by atoms with Gasteiger partial charge in [-0.25, -0.2) is 0 Å². The van der Waals surface area contributed by atoms with E-state index in [1.54, 1.807) is 0 Å². The van der Waals surface area contributed by atoms with Gasteiger partial charge in [-0.15, -0.1) is 0 Å². The summed E-state index contributed by atoms with van der Waals surface area (Å²) in [6, 6.07) is 8.46. The third kappa shape index (κ3) is 8.58. The molecule has 0 saturated carbocycles. The molecule has 0 bridgehead atoms. The van der Waals surface area contributed by atoms with Crippen molar-refractivity contribution in [2.45, 2.75) is 83.7 Å². The molecular weight excluding hydrogens is 308 g/mol. The van der Waals surface area contributed by atoms with Crippen LogP contribution in [0.3, 0.4) is 0 Å². The van der Waals surface area contributed by atoms with Crippen LogP contribution in [0.15, 0.2) is 36.4 Å². The highest BCUT2D eigenvalue weighted by atomic mass is 16.6. The van der Waals surface area contributed by atoms with Crippen molar-refractivity contribution in [3.8, 4) is 5.75 Å². The molecule has 0 aliphatic carbocycles. The van der Waals surface area contributed by atoms with Crippen molar-refractivity contribution in [1.29, 1.82) is 0 Å². The maximum absolute atomic E-state index is 5.98. The Morgan fingerprint density at radius 3 is 2.40 bits per heavy atom. The minimum Gasteiger partial charge on any atom is -0.490 e. The van der Waals surface area contributed by atoms with Crippen LogP contribution in [0.5, 0.6) is 5.75 Å². The molecule has 1 atom stereocenters. The molecule has 0 spiro atoms. The van der Waals surface area contributed by atoms with Crippen molar-refractivity contribution >= 4 is 0 Å². The smallest absolute Gasteiger partial charge is 0.123 e. The molecule has 2 nitrogen and oxygen atoms in total. The quantitative estimate of drug-likeness (QED) is 0.219. The first kappa shape index (κ1) is 20.0. The van der Waals surface area contributed by atoms with E-state index in [9.17, 15) is 0 Å². The van der Waals surface area contributed by atoms with Gasteiger partial charge in [0.25, 0.3) is 0 Å². The summed E-state index contributed by atoms with van der Waals surface area (Å²) in [5, 5.41) is 0. The SMILES string of the molecule is CCCCC/C=C/CCCCCCc1ccccc1OCC1(C)CO1. The molecule has 1 saturated heterocycles. The van der Waals surface area contributed by atoms with E-state index in [2.05, 4.69) is 50.3 Å². The van der Waals surface area contributed by atoms with Crippen molar-refractivity contribution in [3.63, 3.8) is 0 Å². The van der Waals surface area contributed by atoms with E-state index in [4.69, 9.17) is 9.47 Å². The lowest BCUT2D eigenvalue weighted by Crippen LogP contribution is -2.17. The van der Waals surface area contributed by atoms with Gasteiger partial charge in [0, 0.05) is 0 Å². The number of epoxide rings is 1. The molecule has 0 N–H and O–H groups in total. The monoisotopic (exact) mass is 344 g/mol. The van der Waals surface area contributed by atoms with Gasteiger partial charge in [-0.3, -0.25) is 0 Å². The summed E-state index contributed by atoms with van der Waals surface area (Å²) in [5.41, 5.74) is 1.29. The Labute approximate surface area is 154 Å². The average molecular weight is 345 g/mol. The van der Waals surface area contributed by atoms with Gasteiger partial charge in [-0.2, -0.15) is 0 Å². The van der Waals surface area contributed by atoms with Gasteiger partial charge in [0.05, 0.1) is 6.61 Å². The number of hydrogen-bond acceptors (Lipinski definition) is 2. The lowest BCUT2D eigenvalue weighted by atomic mass is 10.0. The van der Waals surface area contributed by atoms with Crippen LogP contribution < -0.4 is 4.74 Å². The lowest BCUT2D eigenvalue weighted by Gasteiger charge is -2.13. The fraction of sp³-hybridized carbons (Fsp3) is 0.652. The number of hydrogen-bond donors (Lipinski definition) is 0. The summed E-state index contributed by atoms with van der Waals surface area (Å²) in [6.07, 6.45) is 17.6. The largest absolute Gasteiger partial charge is 0.490 e. The third-order valence-corrected chi connectivity index (χ3v) is 4.85. The number of rotatable bonds is 14. The summed E-state index contributed by atoms with van der Waals surface area (Å²) in [7, 11) is 0. The third-order valence-electron chi connectivity index (χ3n) is 4.85. The number of ether oxygens (including phenoxy) is 2. The van der Waals surface area contributed by atoms with Crippen LogP contribution in [-0.4, -0.2) is 18.8 Å². The second-order valence-electron chi connectivity index (χ2n) is 7.56. The van der Waals surface area contributed by atoms with E-state index >= 15 is 0 Å². The summed E-state index contributed by atoms with van der Waals surface area (Å²) in [6.45, 7) is 5.85. The Balaban J connectivity index is 1.54. The molecule has 1 aliphatic heterocycles. The van der Waals surface area contributed by atoms with Gasteiger partial charge in [-0.1, -0.05) is 63.0 Å². The molecule has 1 fully saturated rings. The molecule has 1 heterocycles. The Kier molecular flexibility index (Phi) is 9.10. The Morgan fingerprint density at radius 1 is 1.00 bits per heavy atom. The molecule has 140 valence electrons. The molecule has 2 heteroatoms. The molecule has 2 rings (SSSR count). The van der Waals surface area contributed by atoms with Crippen LogP contribution in [-0.2, 0) is 11.2 Å². The van der Waals surface area contributed by atoms with Gasteiger partial charge in [0.2, 0.25) is 0 Å². The number of aryl methyl sites for hydroxylation is 1. The molecule has 25 heavy (non-hydrogen) atoms. The zero-order chi connectivity index (χ0) is 17.8. The highest BCUT2D eigenvalue weighted by molar-refractivity contribution is 5.33. The first-order chi connectivity index (χ1) is 12.2. The average Bonchev–Trinajstić information content (AvgIpc) is 3.36. The molecular formula is C23H36O2. The number of allylic oxidation sites excluding steroid dienone is 2. The summed E-state index contributed by atoms with van der Waals surface area (Å²) in [5.74, 6) is 1.04. The van der Waals surface area contributed by atoms with Gasteiger partial charge in [0.15, 0.2) is 0 Å². The van der Waals surface area contributed by atoms with E-state index in [0.29, 0.717) is 6.61 Å². The number of unbranched alkanes of at least 4 members (excludes halogenated alkanes) is 7. The van der Waals surface area contributed by atoms with Gasteiger partial charge >= 0.3 is 0 Å². The van der Waals surface area contributed by atoms with Crippen molar-refractivity contribution in [2.24, 2.45) is 0 Å². The summed E-state index contributed by atoms with van der Waals surface area (Å²) < 4.78 is 11.4. The topological polar surface area (TPSA) is 21.8 Å². The van der Waals surface area contributed by atoms with Crippen molar-refractivity contribution < 1.29 is 9.47 Å². The Bertz CT molecular complexity index is 503.